The minimum Gasteiger partial charge on any atom is -0.366 e. The molecule has 2 fully saturated rings. The number of aliphatic imine (C=N–C) groups is 1. The molecule has 7 nitrogen and oxygen atoms in total. The van der Waals surface area contributed by atoms with Gasteiger partial charge in [0.15, 0.2) is 0 Å². The molecule has 1 aliphatic carbocycles. The van der Waals surface area contributed by atoms with Crippen molar-refractivity contribution in [1.29, 1.82) is 0 Å². The zero-order valence-corrected chi connectivity index (χ0v) is 19.9. The topological polar surface area (TPSA) is 73.2 Å². The fraction of sp³-hybridized carbons (Fsp3) is 0.478. The van der Waals surface area contributed by atoms with Crippen LogP contribution in [0.3, 0.4) is 0 Å². The third-order valence-corrected chi connectivity index (χ3v) is 5.82. The van der Waals surface area contributed by atoms with Gasteiger partial charge in [-0.2, -0.15) is 5.10 Å². The van der Waals surface area contributed by atoms with E-state index in [0.717, 1.165) is 55.9 Å². The molecule has 0 unspecified atom stereocenters. The molecule has 1 saturated heterocycles. The van der Waals surface area contributed by atoms with Crippen LogP contribution in [0.4, 0.5) is 0 Å². The fourth-order valence-electron chi connectivity index (χ4n) is 3.65. The Balaban J connectivity index is 1.69. The van der Waals surface area contributed by atoms with Crippen molar-refractivity contribution in [2.45, 2.75) is 32.2 Å². The van der Waals surface area contributed by atoms with Crippen molar-refractivity contribution in [2.24, 2.45) is 21.9 Å². The number of amides is 1. The van der Waals surface area contributed by atoms with Crippen LogP contribution in [0.25, 0.3) is 0 Å². The first kappa shape index (κ1) is 23.2. The van der Waals surface area contributed by atoms with E-state index in [2.05, 4.69) is 49.0 Å². The van der Waals surface area contributed by atoms with E-state index in [4.69, 9.17) is 0 Å². The second-order valence-corrected chi connectivity index (χ2v) is 9.00. The Bertz CT molecular complexity index is 854. The first-order valence-corrected chi connectivity index (χ1v) is 11.5. The molecule has 166 valence electrons. The zero-order valence-electron chi connectivity index (χ0n) is 18.3. The van der Waals surface area contributed by atoms with Gasteiger partial charge in [-0.15, -0.1) is 0 Å². The van der Waals surface area contributed by atoms with E-state index in [1.54, 1.807) is 17.4 Å². The number of nitrogens with zero attached hydrogens (tertiary/aromatic N) is 5. The predicted molar refractivity (Wildman–Crippen MR) is 129 cm³/mol. The average Bonchev–Trinajstić information content (AvgIpc) is 3.63. The number of likely N-dealkylation sites (tertiary alicyclic amines) is 1. The highest BCUT2D eigenvalue weighted by Crippen LogP contribution is 2.32. The van der Waals surface area contributed by atoms with Crippen LogP contribution in [0.5, 0.6) is 0 Å². The first-order valence-electron chi connectivity index (χ1n) is 10.7. The second-order valence-electron chi connectivity index (χ2n) is 7.98. The number of piperidine rings is 1. The SMILES string of the molecule is C=C(Br)/C=N\N(C)/C(=C\C(=N/C)C1CCN(C(=O)C2CC2)CC1)NCc1cccnc1. The summed E-state index contributed by atoms with van der Waals surface area (Å²) in [7, 11) is 3.72. The molecule has 0 aromatic carbocycles. The van der Waals surface area contributed by atoms with Gasteiger partial charge in [-0.3, -0.25) is 19.8 Å². The number of hydrogen-bond acceptors (Lipinski definition) is 6. The molecule has 0 atom stereocenters. The van der Waals surface area contributed by atoms with E-state index in [0.29, 0.717) is 22.9 Å². The molecule has 31 heavy (non-hydrogen) atoms. The Morgan fingerprint density at radius 3 is 2.68 bits per heavy atom. The number of pyridine rings is 1. The van der Waals surface area contributed by atoms with Crippen LogP contribution in [0.15, 0.2) is 57.6 Å². The summed E-state index contributed by atoms with van der Waals surface area (Å²) in [6.45, 7) is 6.05. The molecule has 0 radical (unpaired) electrons. The van der Waals surface area contributed by atoms with Crippen LogP contribution in [-0.4, -0.2) is 59.9 Å². The lowest BCUT2D eigenvalue weighted by molar-refractivity contribution is -0.133. The second kappa shape index (κ2) is 11.2. The maximum absolute atomic E-state index is 12.4. The number of allylic oxidation sites excluding steroid dienone is 2. The Kier molecular flexibility index (Phi) is 8.40. The molecule has 0 bridgehead atoms. The smallest absolute Gasteiger partial charge is 0.225 e. The normalized spacial score (nSPS) is 18.4. The molecular weight excluding hydrogens is 456 g/mol. The predicted octanol–water partition coefficient (Wildman–Crippen LogP) is 3.56. The monoisotopic (exact) mass is 486 g/mol. The van der Waals surface area contributed by atoms with Crippen LogP contribution in [0.1, 0.15) is 31.2 Å². The van der Waals surface area contributed by atoms with Crippen molar-refractivity contribution in [3.05, 3.63) is 53.0 Å². The van der Waals surface area contributed by atoms with Gasteiger partial charge in [-0.05, 0) is 53.2 Å². The van der Waals surface area contributed by atoms with Crippen LogP contribution in [-0.2, 0) is 11.3 Å². The van der Waals surface area contributed by atoms with Gasteiger partial charge in [0.05, 0.1) is 6.21 Å². The van der Waals surface area contributed by atoms with E-state index in [1.165, 1.54) is 0 Å². The summed E-state index contributed by atoms with van der Waals surface area (Å²) in [5, 5.41) is 9.67. The van der Waals surface area contributed by atoms with Crippen LogP contribution >= 0.6 is 15.9 Å². The molecule has 2 aliphatic rings. The van der Waals surface area contributed by atoms with Crippen LogP contribution in [0.2, 0.25) is 0 Å². The number of rotatable bonds is 9. The molecule has 1 amide bonds. The van der Waals surface area contributed by atoms with Crippen LogP contribution < -0.4 is 5.32 Å². The Morgan fingerprint density at radius 2 is 2.10 bits per heavy atom. The summed E-state index contributed by atoms with van der Waals surface area (Å²) in [6.07, 6.45) is 11.3. The molecular formula is C23H31BrN6O. The molecule has 3 rings (SSSR count). The summed E-state index contributed by atoms with van der Waals surface area (Å²) >= 11 is 3.31. The van der Waals surface area contributed by atoms with Gasteiger partial charge in [-0.1, -0.05) is 12.6 Å². The Morgan fingerprint density at radius 1 is 1.35 bits per heavy atom. The molecule has 1 N–H and O–H groups in total. The van der Waals surface area contributed by atoms with Crippen molar-refractivity contribution in [3.8, 4) is 0 Å². The lowest BCUT2D eigenvalue weighted by Gasteiger charge is -2.32. The molecule has 1 aromatic rings. The Hall–Kier alpha value is -2.48. The number of carbonyl (C=O) groups excluding carboxylic acids is 1. The third-order valence-electron chi connectivity index (χ3n) is 5.61. The minimum absolute atomic E-state index is 0.287. The fourth-order valence-corrected chi connectivity index (χ4v) is 3.75. The van der Waals surface area contributed by atoms with Gasteiger partial charge in [0, 0.05) is 74.2 Å². The number of nitrogens with one attached hydrogen (secondary N) is 1. The number of hydrazone groups is 1. The largest absolute Gasteiger partial charge is 0.366 e. The molecule has 0 spiro atoms. The van der Waals surface area contributed by atoms with Gasteiger partial charge in [0.1, 0.15) is 5.82 Å². The van der Waals surface area contributed by atoms with E-state index in [-0.39, 0.29) is 5.92 Å². The van der Waals surface area contributed by atoms with Gasteiger partial charge in [0.25, 0.3) is 0 Å². The quantitative estimate of drug-likeness (QED) is 0.427. The average molecular weight is 487 g/mol. The molecule has 1 aromatic heterocycles. The lowest BCUT2D eigenvalue weighted by Crippen LogP contribution is -2.41. The summed E-state index contributed by atoms with van der Waals surface area (Å²) in [6, 6.07) is 3.95. The van der Waals surface area contributed by atoms with Crippen molar-refractivity contribution in [1.82, 2.24) is 20.2 Å². The molecule has 1 aliphatic heterocycles. The number of halogens is 1. The Labute approximate surface area is 193 Å². The standard InChI is InChI=1S/C23H31BrN6O/c1-17(24)14-28-29(3)22(27-16-18-5-4-10-26-15-18)13-21(25-2)19-8-11-30(12-9-19)23(31)20-6-7-20/h4-5,10,13-15,19-20,27H,1,6-9,11-12,16H2,2-3H3/b22-13-,25-21+,28-14-. The third kappa shape index (κ3) is 7.02. The minimum atomic E-state index is 0.287. The molecule has 1 saturated carbocycles. The highest BCUT2D eigenvalue weighted by molar-refractivity contribution is 9.12. The molecule has 8 heteroatoms. The van der Waals surface area contributed by atoms with E-state index in [9.17, 15) is 4.79 Å². The number of aromatic nitrogens is 1. The van der Waals surface area contributed by atoms with Gasteiger partial charge >= 0.3 is 0 Å². The van der Waals surface area contributed by atoms with E-state index < -0.39 is 0 Å². The van der Waals surface area contributed by atoms with Crippen molar-refractivity contribution in [3.63, 3.8) is 0 Å². The van der Waals surface area contributed by atoms with Crippen LogP contribution in [0, 0.1) is 11.8 Å². The summed E-state index contributed by atoms with van der Waals surface area (Å²) in [5.41, 5.74) is 2.10. The van der Waals surface area contributed by atoms with E-state index >= 15 is 0 Å². The van der Waals surface area contributed by atoms with E-state index in [1.807, 2.05) is 37.3 Å². The highest BCUT2D eigenvalue weighted by atomic mass is 79.9. The maximum atomic E-state index is 12.4. The summed E-state index contributed by atoms with van der Waals surface area (Å²) < 4.78 is 0.697. The van der Waals surface area contributed by atoms with Crippen molar-refractivity contribution < 1.29 is 4.79 Å². The number of hydrogen-bond donors (Lipinski definition) is 1. The van der Waals surface area contributed by atoms with Gasteiger partial charge in [0.2, 0.25) is 5.91 Å². The maximum Gasteiger partial charge on any atom is 0.225 e. The summed E-state index contributed by atoms with van der Waals surface area (Å²) in [4.78, 5) is 23.1. The van der Waals surface area contributed by atoms with Crippen molar-refractivity contribution in [2.75, 3.05) is 27.2 Å². The van der Waals surface area contributed by atoms with Gasteiger partial charge in [-0.25, -0.2) is 0 Å². The zero-order chi connectivity index (χ0) is 22.2. The molecule has 2 heterocycles. The van der Waals surface area contributed by atoms with Gasteiger partial charge < -0.3 is 10.2 Å². The highest BCUT2D eigenvalue weighted by Gasteiger charge is 2.35. The number of carbonyl (C=O) groups is 1. The van der Waals surface area contributed by atoms with Crippen molar-refractivity contribution >= 4 is 33.8 Å². The first-order chi connectivity index (χ1) is 15.0. The lowest BCUT2D eigenvalue weighted by atomic mass is 9.91. The summed E-state index contributed by atoms with van der Waals surface area (Å²) in [5.74, 6) is 1.79.